The molecule has 0 spiro atoms. The first-order chi connectivity index (χ1) is 7.25. The number of hydrogen-bond acceptors (Lipinski definition) is 1. The predicted octanol–water partition coefficient (Wildman–Crippen LogP) is 3.98. The van der Waals surface area contributed by atoms with E-state index in [1.165, 1.54) is 5.56 Å². The van der Waals surface area contributed by atoms with Crippen molar-refractivity contribution in [1.29, 1.82) is 0 Å². The molecule has 1 aromatic heterocycles. The maximum Gasteiger partial charge on any atom is 0.132 e. The van der Waals surface area contributed by atoms with E-state index in [9.17, 15) is 0 Å². The number of benzene rings is 1. The highest BCUT2D eigenvalue weighted by Crippen LogP contribution is 2.17. The SMILES string of the molecule is Clc1ccc(Cc2cccnc2Cl)cc1. The Kier molecular flexibility index (Phi) is 3.24. The molecule has 0 radical (unpaired) electrons. The maximum atomic E-state index is 5.97. The van der Waals surface area contributed by atoms with Gasteiger partial charge in [-0.1, -0.05) is 41.4 Å². The molecule has 0 amide bonds. The summed E-state index contributed by atoms with van der Waals surface area (Å²) in [5, 5.41) is 1.31. The second-order valence-corrected chi connectivity index (χ2v) is 4.05. The van der Waals surface area contributed by atoms with Crippen molar-refractivity contribution in [1.82, 2.24) is 4.98 Å². The number of halogens is 2. The molecule has 0 aliphatic carbocycles. The Hall–Kier alpha value is -1.05. The summed E-state index contributed by atoms with van der Waals surface area (Å²) in [5.74, 6) is 0. The van der Waals surface area contributed by atoms with Crippen molar-refractivity contribution in [2.75, 3.05) is 0 Å². The quantitative estimate of drug-likeness (QED) is 0.721. The van der Waals surface area contributed by atoms with Gasteiger partial charge in [-0.15, -0.1) is 0 Å². The smallest absolute Gasteiger partial charge is 0.132 e. The predicted molar refractivity (Wildman–Crippen MR) is 63.5 cm³/mol. The van der Waals surface area contributed by atoms with Crippen LogP contribution in [0.1, 0.15) is 11.1 Å². The van der Waals surface area contributed by atoms with Gasteiger partial charge < -0.3 is 0 Å². The van der Waals surface area contributed by atoms with E-state index >= 15 is 0 Å². The molecule has 1 aromatic carbocycles. The molecule has 76 valence electrons. The Morgan fingerprint density at radius 2 is 1.73 bits per heavy atom. The van der Waals surface area contributed by atoms with Crippen LogP contribution in [0.2, 0.25) is 10.2 Å². The molecule has 0 bridgehead atoms. The first-order valence-electron chi connectivity index (χ1n) is 4.59. The zero-order valence-corrected chi connectivity index (χ0v) is 9.46. The lowest BCUT2D eigenvalue weighted by Crippen LogP contribution is -1.90. The van der Waals surface area contributed by atoms with Crippen molar-refractivity contribution >= 4 is 23.2 Å². The Bertz CT molecular complexity index is 451. The Morgan fingerprint density at radius 1 is 1.00 bits per heavy atom. The van der Waals surface area contributed by atoms with Crippen LogP contribution in [0.3, 0.4) is 0 Å². The van der Waals surface area contributed by atoms with Gasteiger partial charge in [-0.25, -0.2) is 4.98 Å². The van der Waals surface area contributed by atoms with Crippen LogP contribution in [0.15, 0.2) is 42.6 Å². The van der Waals surface area contributed by atoms with E-state index in [2.05, 4.69) is 4.98 Å². The summed E-state index contributed by atoms with van der Waals surface area (Å²) in [7, 11) is 0. The number of aromatic nitrogens is 1. The third kappa shape index (κ3) is 2.71. The molecular weight excluding hydrogens is 229 g/mol. The summed E-state index contributed by atoms with van der Waals surface area (Å²) in [4.78, 5) is 4.03. The normalized spacial score (nSPS) is 10.3. The number of pyridine rings is 1. The van der Waals surface area contributed by atoms with Gasteiger partial charge in [-0.2, -0.15) is 0 Å². The molecule has 0 unspecified atom stereocenters. The van der Waals surface area contributed by atoms with Crippen LogP contribution in [-0.2, 0) is 6.42 Å². The van der Waals surface area contributed by atoms with Gasteiger partial charge in [0.1, 0.15) is 5.15 Å². The van der Waals surface area contributed by atoms with Crippen molar-refractivity contribution in [2.24, 2.45) is 0 Å². The minimum absolute atomic E-state index is 0.562. The number of hydrogen-bond donors (Lipinski definition) is 0. The third-order valence-corrected chi connectivity index (χ3v) is 2.74. The van der Waals surface area contributed by atoms with E-state index in [-0.39, 0.29) is 0 Å². The molecule has 0 saturated heterocycles. The van der Waals surface area contributed by atoms with E-state index < -0.39 is 0 Å². The first-order valence-corrected chi connectivity index (χ1v) is 5.35. The molecule has 0 aliphatic rings. The van der Waals surface area contributed by atoms with Gasteiger partial charge >= 0.3 is 0 Å². The summed E-state index contributed by atoms with van der Waals surface area (Å²) in [6.07, 6.45) is 2.47. The fourth-order valence-corrected chi connectivity index (χ4v) is 1.69. The fraction of sp³-hybridized carbons (Fsp3) is 0.0833. The highest BCUT2D eigenvalue weighted by molar-refractivity contribution is 6.30. The zero-order chi connectivity index (χ0) is 10.7. The van der Waals surface area contributed by atoms with Gasteiger partial charge in [-0.05, 0) is 29.3 Å². The van der Waals surface area contributed by atoms with Crippen LogP contribution in [0, 0.1) is 0 Å². The van der Waals surface area contributed by atoms with Crippen molar-refractivity contribution in [2.45, 2.75) is 6.42 Å². The van der Waals surface area contributed by atoms with Crippen LogP contribution in [0.5, 0.6) is 0 Å². The summed E-state index contributed by atoms with van der Waals surface area (Å²) in [6.45, 7) is 0. The maximum absolute atomic E-state index is 5.97. The second-order valence-electron chi connectivity index (χ2n) is 3.26. The Labute approximate surface area is 98.7 Å². The van der Waals surface area contributed by atoms with Crippen molar-refractivity contribution < 1.29 is 0 Å². The number of rotatable bonds is 2. The van der Waals surface area contributed by atoms with E-state index in [1.54, 1.807) is 6.20 Å². The van der Waals surface area contributed by atoms with Crippen LogP contribution in [0.25, 0.3) is 0 Å². The van der Waals surface area contributed by atoms with E-state index in [0.717, 1.165) is 17.0 Å². The molecule has 0 fully saturated rings. The lowest BCUT2D eigenvalue weighted by Gasteiger charge is -2.03. The Balaban J connectivity index is 2.22. The van der Waals surface area contributed by atoms with E-state index in [0.29, 0.717) is 5.15 Å². The lowest BCUT2D eigenvalue weighted by atomic mass is 10.1. The van der Waals surface area contributed by atoms with Gasteiger partial charge in [0.25, 0.3) is 0 Å². The first kappa shape index (κ1) is 10.5. The van der Waals surface area contributed by atoms with Crippen molar-refractivity contribution in [3.05, 3.63) is 63.9 Å². The van der Waals surface area contributed by atoms with Crippen LogP contribution in [-0.4, -0.2) is 4.98 Å². The van der Waals surface area contributed by atoms with Crippen LogP contribution < -0.4 is 0 Å². The molecule has 0 saturated carbocycles. The van der Waals surface area contributed by atoms with Gasteiger partial charge in [0, 0.05) is 17.6 Å². The molecule has 1 heterocycles. The molecule has 15 heavy (non-hydrogen) atoms. The summed E-state index contributed by atoms with van der Waals surface area (Å²) in [5.41, 5.74) is 2.20. The molecule has 3 heteroatoms. The molecule has 0 aliphatic heterocycles. The van der Waals surface area contributed by atoms with Gasteiger partial charge in [0.2, 0.25) is 0 Å². The molecular formula is C12H9Cl2N. The average molecular weight is 238 g/mol. The average Bonchev–Trinajstić information content (AvgIpc) is 2.25. The third-order valence-electron chi connectivity index (χ3n) is 2.14. The fourth-order valence-electron chi connectivity index (χ4n) is 1.37. The van der Waals surface area contributed by atoms with Crippen molar-refractivity contribution in [3.8, 4) is 0 Å². The van der Waals surface area contributed by atoms with Gasteiger partial charge in [0.15, 0.2) is 0 Å². The second kappa shape index (κ2) is 4.65. The van der Waals surface area contributed by atoms with Crippen LogP contribution >= 0.6 is 23.2 Å². The monoisotopic (exact) mass is 237 g/mol. The minimum atomic E-state index is 0.562. The summed E-state index contributed by atoms with van der Waals surface area (Å²) >= 11 is 11.8. The van der Waals surface area contributed by atoms with Gasteiger partial charge in [0.05, 0.1) is 0 Å². The minimum Gasteiger partial charge on any atom is -0.244 e. The standard InChI is InChI=1S/C12H9Cl2N/c13-11-5-3-9(4-6-11)8-10-2-1-7-15-12(10)14/h1-7H,8H2. The van der Waals surface area contributed by atoms with Crippen LogP contribution in [0.4, 0.5) is 0 Å². The summed E-state index contributed by atoms with van der Waals surface area (Å²) < 4.78 is 0. The molecule has 2 rings (SSSR count). The topological polar surface area (TPSA) is 12.9 Å². The van der Waals surface area contributed by atoms with Crippen molar-refractivity contribution in [3.63, 3.8) is 0 Å². The number of nitrogens with zero attached hydrogens (tertiary/aromatic N) is 1. The molecule has 2 aromatic rings. The Morgan fingerprint density at radius 3 is 2.40 bits per heavy atom. The zero-order valence-electron chi connectivity index (χ0n) is 7.95. The highest BCUT2D eigenvalue weighted by Gasteiger charge is 2.01. The van der Waals surface area contributed by atoms with E-state index in [4.69, 9.17) is 23.2 Å². The van der Waals surface area contributed by atoms with E-state index in [1.807, 2.05) is 36.4 Å². The molecule has 0 N–H and O–H groups in total. The largest absolute Gasteiger partial charge is 0.244 e. The van der Waals surface area contributed by atoms with Gasteiger partial charge in [-0.3, -0.25) is 0 Å². The molecule has 1 nitrogen and oxygen atoms in total. The summed E-state index contributed by atoms with van der Waals surface area (Å²) in [6, 6.07) is 11.6. The lowest BCUT2D eigenvalue weighted by molar-refractivity contribution is 1.15. The highest BCUT2D eigenvalue weighted by atomic mass is 35.5. The molecule has 0 atom stereocenters.